The summed E-state index contributed by atoms with van der Waals surface area (Å²) < 4.78 is 10.9. The average molecular weight is 531 g/mol. The first kappa shape index (κ1) is 27.5. The van der Waals surface area contributed by atoms with Crippen molar-refractivity contribution in [1.82, 2.24) is 4.90 Å². The molecule has 0 radical (unpaired) electrons. The maximum atomic E-state index is 14.0. The lowest BCUT2D eigenvalue weighted by atomic mass is 9.82. The van der Waals surface area contributed by atoms with E-state index in [0.717, 1.165) is 37.0 Å². The normalized spacial score (nSPS) is 25.9. The number of amides is 2. The molecule has 3 aliphatic rings. The monoisotopic (exact) mass is 530 g/mol. The second kappa shape index (κ2) is 11.4. The Balaban J connectivity index is 1.62. The third kappa shape index (κ3) is 6.85. The maximum absolute atomic E-state index is 14.0. The summed E-state index contributed by atoms with van der Waals surface area (Å²) in [6, 6.07) is 1.42. The van der Waals surface area contributed by atoms with Crippen molar-refractivity contribution in [3.05, 3.63) is 15.8 Å². The maximum Gasteiger partial charge on any atom is 0.410 e. The van der Waals surface area contributed by atoms with Gasteiger partial charge in [0, 0.05) is 30.8 Å². The molecule has 2 aliphatic heterocycles. The second-order valence-corrected chi connectivity index (χ2v) is 12.6. The molecule has 0 aromatic carbocycles. The van der Waals surface area contributed by atoms with Crippen molar-refractivity contribution in [2.24, 2.45) is 17.3 Å². The molecule has 1 aromatic heterocycles. The van der Waals surface area contributed by atoms with E-state index >= 15 is 0 Å². The molecule has 202 valence electrons. The minimum atomic E-state index is -1.07. The van der Waals surface area contributed by atoms with Crippen LogP contribution in [0.1, 0.15) is 80.8 Å². The first-order valence-electron chi connectivity index (χ1n) is 13.3. The van der Waals surface area contributed by atoms with Crippen LogP contribution in [0.5, 0.6) is 0 Å². The highest BCUT2D eigenvalue weighted by atomic mass is 32.1. The van der Waals surface area contributed by atoms with Crippen LogP contribution in [0.4, 0.5) is 10.5 Å². The van der Waals surface area contributed by atoms with E-state index in [4.69, 9.17) is 9.47 Å². The van der Waals surface area contributed by atoms with Crippen molar-refractivity contribution < 1.29 is 29.0 Å². The Morgan fingerprint density at radius 3 is 2.51 bits per heavy atom. The first-order chi connectivity index (χ1) is 17.5. The van der Waals surface area contributed by atoms with Gasteiger partial charge < -0.3 is 24.4 Å². The predicted octanol–water partition coefficient (Wildman–Crippen LogP) is 5.00. The van der Waals surface area contributed by atoms with Gasteiger partial charge in [0.1, 0.15) is 11.0 Å². The molecule has 0 spiro atoms. The number of rotatable bonds is 5. The third-order valence-electron chi connectivity index (χ3n) is 7.27. The SMILES string of the molecule is CC(C)(C)C#Cc1cc(N(C(=O)[C@H]2CC[C@H](C)CC2)[C@H]2CCN(C(=O)O[C@@H]3CCOC3)C2)c(C(=O)O)s1. The summed E-state index contributed by atoms with van der Waals surface area (Å²) in [6.07, 6.45) is 4.14. The highest BCUT2D eigenvalue weighted by Gasteiger charge is 2.40. The molecule has 1 N–H and O–H groups in total. The molecule has 9 heteroatoms. The number of aromatic carboxylic acids is 1. The lowest BCUT2D eigenvalue weighted by Gasteiger charge is -2.34. The van der Waals surface area contributed by atoms with E-state index in [1.807, 2.05) is 20.8 Å². The fourth-order valence-electron chi connectivity index (χ4n) is 5.16. The van der Waals surface area contributed by atoms with Crippen LogP contribution in [0.3, 0.4) is 0 Å². The number of thiophene rings is 1. The van der Waals surface area contributed by atoms with Gasteiger partial charge in [-0.3, -0.25) is 4.79 Å². The molecular weight excluding hydrogens is 492 g/mol. The number of hydrogen-bond donors (Lipinski definition) is 1. The first-order valence-corrected chi connectivity index (χ1v) is 14.1. The Labute approximate surface area is 223 Å². The Hall–Kier alpha value is -2.57. The van der Waals surface area contributed by atoms with Gasteiger partial charge in [0.25, 0.3) is 0 Å². The Bertz CT molecular complexity index is 1070. The van der Waals surface area contributed by atoms with Crippen LogP contribution in [0.25, 0.3) is 0 Å². The van der Waals surface area contributed by atoms with Gasteiger partial charge in [0.15, 0.2) is 0 Å². The Morgan fingerprint density at radius 1 is 1.16 bits per heavy atom. The number of hydrogen-bond acceptors (Lipinski definition) is 6. The molecule has 37 heavy (non-hydrogen) atoms. The topological polar surface area (TPSA) is 96.4 Å². The zero-order valence-electron chi connectivity index (χ0n) is 22.2. The second-order valence-electron chi connectivity index (χ2n) is 11.6. The molecular formula is C28H38N2O6S. The van der Waals surface area contributed by atoms with E-state index in [1.54, 1.807) is 15.9 Å². The van der Waals surface area contributed by atoms with Gasteiger partial charge in [0.2, 0.25) is 5.91 Å². The van der Waals surface area contributed by atoms with Crippen molar-refractivity contribution >= 4 is 35.0 Å². The lowest BCUT2D eigenvalue weighted by molar-refractivity contribution is -0.124. The van der Waals surface area contributed by atoms with Crippen molar-refractivity contribution in [3.8, 4) is 11.8 Å². The van der Waals surface area contributed by atoms with E-state index in [2.05, 4.69) is 18.8 Å². The molecule has 2 atom stereocenters. The zero-order valence-corrected chi connectivity index (χ0v) is 23.1. The van der Waals surface area contributed by atoms with Crippen LogP contribution < -0.4 is 4.90 Å². The average Bonchev–Trinajstić information content (AvgIpc) is 3.59. The van der Waals surface area contributed by atoms with Gasteiger partial charge in [-0.05, 0) is 64.9 Å². The summed E-state index contributed by atoms with van der Waals surface area (Å²) in [5.41, 5.74) is 0.155. The molecule has 8 nitrogen and oxygen atoms in total. The highest BCUT2D eigenvalue weighted by molar-refractivity contribution is 7.15. The van der Waals surface area contributed by atoms with Crippen LogP contribution in [-0.2, 0) is 14.3 Å². The zero-order chi connectivity index (χ0) is 26.7. The van der Waals surface area contributed by atoms with E-state index in [9.17, 15) is 19.5 Å². The standard InChI is InChI=1S/C28H38N2O6S/c1-18-5-7-19(8-6-18)25(31)30(20-10-13-29(16-20)27(34)36-21-11-14-35-17-21)23-15-22(9-12-28(2,3)4)37-24(23)26(32)33/h15,18-21H,5-8,10-11,13-14,16-17H2,1-4H3,(H,32,33)/t18-,19-,20-,21+/m0/s1. The summed E-state index contributed by atoms with van der Waals surface area (Å²) in [7, 11) is 0. The number of ether oxygens (including phenoxy) is 2. The summed E-state index contributed by atoms with van der Waals surface area (Å²) in [4.78, 5) is 43.1. The molecule has 0 unspecified atom stereocenters. The van der Waals surface area contributed by atoms with Crippen molar-refractivity contribution in [2.75, 3.05) is 31.2 Å². The van der Waals surface area contributed by atoms with E-state index in [-0.39, 0.29) is 34.3 Å². The van der Waals surface area contributed by atoms with Gasteiger partial charge >= 0.3 is 12.1 Å². The van der Waals surface area contributed by atoms with Crippen molar-refractivity contribution in [3.63, 3.8) is 0 Å². The Morgan fingerprint density at radius 2 is 1.89 bits per heavy atom. The number of carboxylic acid groups (broad SMARTS) is 1. The van der Waals surface area contributed by atoms with Crippen LogP contribution in [0.2, 0.25) is 0 Å². The predicted molar refractivity (Wildman–Crippen MR) is 142 cm³/mol. The number of anilines is 1. The van der Waals surface area contributed by atoms with Crippen LogP contribution in [0, 0.1) is 29.1 Å². The van der Waals surface area contributed by atoms with Crippen molar-refractivity contribution in [2.45, 2.75) is 78.4 Å². The number of likely N-dealkylation sites (tertiary alicyclic amines) is 1. The summed E-state index contributed by atoms with van der Waals surface area (Å²) in [6.45, 7) is 9.94. The highest BCUT2D eigenvalue weighted by Crippen LogP contribution is 2.38. The van der Waals surface area contributed by atoms with Crippen LogP contribution >= 0.6 is 11.3 Å². The number of carbonyl (C=O) groups is 3. The van der Waals surface area contributed by atoms with Crippen LogP contribution in [0.15, 0.2) is 6.07 Å². The molecule has 2 saturated heterocycles. The van der Waals surface area contributed by atoms with Gasteiger partial charge in [-0.15, -0.1) is 11.3 Å². The smallest absolute Gasteiger partial charge is 0.410 e. The minimum absolute atomic E-state index is 0.0491. The van der Waals surface area contributed by atoms with Crippen LogP contribution in [-0.4, -0.2) is 66.4 Å². The van der Waals surface area contributed by atoms with Gasteiger partial charge in [0.05, 0.1) is 29.8 Å². The molecule has 3 fully saturated rings. The quantitative estimate of drug-likeness (QED) is 0.538. The van der Waals surface area contributed by atoms with E-state index in [0.29, 0.717) is 55.6 Å². The molecule has 1 aliphatic carbocycles. The molecule has 1 saturated carbocycles. The fraction of sp³-hybridized carbons (Fsp3) is 0.679. The summed E-state index contributed by atoms with van der Waals surface area (Å²) in [5.74, 6) is 5.58. The molecule has 2 amide bonds. The largest absolute Gasteiger partial charge is 0.477 e. The number of carbonyl (C=O) groups excluding carboxylic acids is 2. The summed E-state index contributed by atoms with van der Waals surface area (Å²) in [5, 5.41) is 10.1. The van der Waals surface area contributed by atoms with E-state index in [1.165, 1.54) is 0 Å². The molecule has 1 aromatic rings. The summed E-state index contributed by atoms with van der Waals surface area (Å²) >= 11 is 1.10. The number of carboxylic acids is 1. The molecule has 3 heterocycles. The fourth-order valence-corrected chi connectivity index (χ4v) is 6.01. The lowest BCUT2D eigenvalue weighted by Crippen LogP contribution is -2.47. The molecule has 0 bridgehead atoms. The van der Waals surface area contributed by atoms with Crippen molar-refractivity contribution in [1.29, 1.82) is 0 Å². The van der Waals surface area contributed by atoms with Gasteiger partial charge in [-0.1, -0.05) is 18.8 Å². The van der Waals surface area contributed by atoms with E-state index < -0.39 is 12.1 Å². The van der Waals surface area contributed by atoms with Gasteiger partial charge in [-0.2, -0.15) is 0 Å². The minimum Gasteiger partial charge on any atom is -0.477 e. The molecule has 4 rings (SSSR count). The van der Waals surface area contributed by atoms with Gasteiger partial charge in [-0.25, -0.2) is 9.59 Å². The number of nitrogens with zero attached hydrogens (tertiary/aromatic N) is 2. The third-order valence-corrected chi connectivity index (χ3v) is 8.30. The Kier molecular flexibility index (Phi) is 8.49.